The number of hydrogen-bond acceptors (Lipinski definition) is 6. The van der Waals surface area contributed by atoms with Crippen LogP contribution in [0.3, 0.4) is 0 Å². The van der Waals surface area contributed by atoms with Crippen LogP contribution in [0.1, 0.15) is 26.7 Å². The number of carbonyl (C=O) groups excluding carboxylic acids is 1. The Morgan fingerprint density at radius 2 is 2.06 bits per heavy atom. The van der Waals surface area contributed by atoms with Crippen LogP contribution in [0.4, 0.5) is 4.39 Å². The van der Waals surface area contributed by atoms with E-state index >= 15 is 0 Å². The Morgan fingerprint density at radius 1 is 1.22 bits per heavy atom. The van der Waals surface area contributed by atoms with E-state index in [2.05, 4.69) is 22.2 Å². The lowest BCUT2D eigenvalue weighted by atomic mass is 10.2. The van der Waals surface area contributed by atoms with E-state index in [1.54, 1.807) is 35.4 Å². The second-order valence-electron chi connectivity index (χ2n) is 7.32. The molecule has 0 saturated carbocycles. The number of unbranched alkanes of at least 4 members (excludes halogenated alkanes) is 1. The van der Waals surface area contributed by atoms with E-state index in [9.17, 15) is 14.0 Å². The van der Waals surface area contributed by atoms with Crippen molar-refractivity contribution in [3.8, 4) is 22.8 Å². The molecule has 32 heavy (non-hydrogen) atoms. The molecular formula is C22H23FN6O3. The number of nitrogens with zero attached hydrogens (tertiary/aromatic N) is 6. The van der Waals surface area contributed by atoms with Crippen molar-refractivity contribution in [3.63, 3.8) is 0 Å². The maximum Gasteiger partial charge on any atom is 0.350 e. The van der Waals surface area contributed by atoms with Crippen molar-refractivity contribution in [2.75, 3.05) is 13.1 Å². The Balaban J connectivity index is 1.67. The fraction of sp³-hybridized carbons (Fsp3) is 0.318. The number of hydrogen-bond donors (Lipinski definition) is 0. The lowest BCUT2D eigenvalue weighted by molar-refractivity contribution is -0.132. The number of rotatable bonds is 8. The summed E-state index contributed by atoms with van der Waals surface area (Å²) in [5.74, 6) is -0.227. The third-order valence-electron chi connectivity index (χ3n) is 5.15. The molecule has 9 nitrogen and oxygen atoms in total. The van der Waals surface area contributed by atoms with E-state index in [0.29, 0.717) is 24.2 Å². The van der Waals surface area contributed by atoms with E-state index in [1.165, 1.54) is 16.5 Å². The molecule has 4 rings (SSSR count). The number of fused-ring (bicyclic) bond motifs is 1. The van der Waals surface area contributed by atoms with Gasteiger partial charge in [0, 0.05) is 24.8 Å². The van der Waals surface area contributed by atoms with Gasteiger partial charge in [0.15, 0.2) is 5.65 Å². The zero-order valence-corrected chi connectivity index (χ0v) is 17.9. The SMILES string of the molecule is CCCCN(CC)C(=O)Cn1nc2c(-c3nc(-c4cccc(F)c4)no3)cccn2c1=O. The number of benzene rings is 1. The van der Waals surface area contributed by atoms with Gasteiger partial charge in [0.25, 0.3) is 5.89 Å². The average Bonchev–Trinajstić information content (AvgIpc) is 3.40. The summed E-state index contributed by atoms with van der Waals surface area (Å²) in [6.45, 7) is 5.02. The van der Waals surface area contributed by atoms with Gasteiger partial charge >= 0.3 is 5.69 Å². The summed E-state index contributed by atoms with van der Waals surface area (Å²) in [5, 5.41) is 8.27. The third-order valence-corrected chi connectivity index (χ3v) is 5.15. The number of carbonyl (C=O) groups is 1. The van der Waals surface area contributed by atoms with Gasteiger partial charge in [-0.15, -0.1) is 5.10 Å². The lowest BCUT2D eigenvalue weighted by Crippen LogP contribution is -2.37. The Morgan fingerprint density at radius 3 is 2.81 bits per heavy atom. The van der Waals surface area contributed by atoms with Gasteiger partial charge in [-0.05, 0) is 37.6 Å². The molecule has 0 aliphatic rings. The highest BCUT2D eigenvalue weighted by atomic mass is 19.1. The van der Waals surface area contributed by atoms with Gasteiger partial charge in [-0.1, -0.05) is 30.6 Å². The molecule has 4 aromatic rings. The molecule has 3 heterocycles. The maximum atomic E-state index is 13.5. The molecule has 0 N–H and O–H groups in total. The zero-order chi connectivity index (χ0) is 22.7. The summed E-state index contributed by atoms with van der Waals surface area (Å²) in [4.78, 5) is 31.5. The van der Waals surface area contributed by atoms with Gasteiger partial charge in [-0.3, -0.25) is 4.79 Å². The van der Waals surface area contributed by atoms with Crippen LogP contribution < -0.4 is 5.69 Å². The van der Waals surface area contributed by atoms with Crippen LogP contribution in [0.15, 0.2) is 51.9 Å². The minimum absolute atomic E-state index is 0.136. The normalized spacial score (nSPS) is 11.2. The van der Waals surface area contributed by atoms with Crippen molar-refractivity contribution >= 4 is 11.6 Å². The first-order valence-corrected chi connectivity index (χ1v) is 10.5. The topological polar surface area (TPSA) is 98.5 Å². The number of halogens is 1. The van der Waals surface area contributed by atoms with Crippen LogP contribution in [0.25, 0.3) is 28.5 Å². The first-order valence-electron chi connectivity index (χ1n) is 10.5. The molecule has 0 fully saturated rings. The number of amides is 1. The summed E-state index contributed by atoms with van der Waals surface area (Å²) in [5.41, 5.74) is 0.749. The van der Waals surface area contributed by atoms with Crippen LogP contribution in [-0.4, -0.2) is 48.2 Å². The van der Waals surface area contributed by atoms with Gasteiger partial charge in [0.2, 0.25) is 11.7 Å². The van der Waals surface area contributed by atoms with E-state index in [1.807, 2.05) is 6.92 Å². The first-order chi connectivity index (χ1) is 15.5. The minimum Gasteiger partial charge on any atom is -0.341 e. The fourth-order valence-corrected chi connectivity index (χ4v) is 3.42. The largest absolute Gasteiger partial charge is 0.350 e. The molecule has 1 aromatic carbocycles. The Hall–Kier alpha value is -3.82. The molecule has 0 bridgehead atoms. The summed E-state index contributed by atoms with van der Waals surface area (Å²) in [6.07, 6.45) is 3.44. The van der Waals surface area contributed by atoms with Crippen LogP contribution >= 0.6 is 0 Å². The zero-order valence-electron chi connectivity index (χ0n) is 17.9. The van der Waals surface area contributed by atoms with Crippen LogP contribution in [0.5, 0.6) is 0 Å². The van der Waals surface area contributed by atoms with E-state index in [4.69, 9.17) is 4.52 Å². The van der Waals surface area contributed by atoms with Crippen molar-refractivity contribution in [1.29, 1.82) is 0 Å². The van der Waals surface area contributed by atoms with Gasteiger partial charge in [-0.2, -0.15) is 4.98 Å². The van der Waals surface area contributed by atoms with Crippen molar-refractivity contribution < 1.29 is 13.7 Å². The van der Waals surface area contributed by atoms with Gasteiger partial charge in [-0.25, -0.2) is 18.3 Å². The molecule has 0 radical (unpaired) electrons. The molecule has 0 atom stereocenters. The molecule has 10 heteroatoms. The molecule has 166 valence electrons. The first kappa shape index (κ1) is 21.4. The molecule has 0 spiro atoms. The molecule has 3 aromatic heterocycles. The van der Waals surface area contributed by atoms with Crippen LogP contribution in [0, 0.1) is 5.82 Å². The summed E-state index contributed by atoms with van der Waals surface area (Å²) in [7, 11) is 0. The predicted molar refractivity (Wildman–Crippen MR) is 115 cm³/mol. The number of pyridine rings is 1. The highest BCUT2D eigenvalue weighted by Crippen LogP contribution is 2.24. The predicted octanol–water partition coefficient (Wildman–Crippen LogP) is 3.00. The molecule has 0 aliphatic heterocycles. The minimum atomic E-state index is -0.438. The van der Waals surface area contributed by atoms with Gasteiger partial charge in [0.1, 0.15) is 12.4 Å². The molecule has 0 unspecified atom stereocenters. The van der Waals surface area contributed by atoms with Gasteiger partial charge < -0.3 is 9.42 Å². The summed E-state index contributed by atoms with van der Waals surface area (Å²) < 4.78 is 21.4. The second kappa shape index (κ2) is 9.13. The summed E-state index contributed by atoms with van der Waals surface area (Å²) >= 11 is 0. The second-order valence-corrected chi connectivity index (χ2v) is 7.32. The number of likely N-dealkylation sites (N-methyl/N-ethyl adjacent to an activating group) is 1. The van der Waals surface area contributed by atoms with Crippen molar-refractivity contribution in [1.82, 2.24) is 29.2 Å². The molecule has 0 aliphatic carbocycles. The Labute approximate surface area is 183 Å². The smallest absolute Gasteiger partial charge is 0.341 e. The monoisotopic (exact) mass is 438 g/mol. The van der Waals surface area contributed by atoms with Crippen LogP contribution in [0.2, 0.25) is 0 Å². The lowest BCUT2D eigenvalue weighted by Gasteiger charge is -2.20. The van der Waals surface area contributed by atoms with Crippen molar-refractivity contribution in [2.45, 2.75) is 33.2 Å². The fourth-order valence-electron chi connectivity index (χ4n) is 3.42. The number of aromatic nitrogens is 5. The maximum absolute atomic E-state index is 13.5. The highest BCUT2D eigenvalue weighted by molar-refractivity contribution is 5.76. The van der Waals surface area contributed by atoms with Crippen molar-refractivity contribution in [3.05, 3.63) is 58.9 Å². The van der Waals surface area contributed by atoms with E-state index in [0.717, 1.165) is 17.5 Å². The van der Waals surface area contributed by atoms with Gasteiger partial charge in [0.05, 0.1) is 5.56 Å². The molecule has 1 amide bonds. The molecule has 0 saturated heterocycles. The quantitative estimate of drug-likeness (QED) is 0.419. The standard InChI is InChI=1S/C22H23FN6O3/c1-3-5-11-27(4-2)18(30)14-29-22(31)28-12-7-10-17(20(28)25-29)21-24-19(26-32-21)15-8-6-9-16(23)13-15/h6-10,12-13H,3-5,11,14H2,1-2H3. The van der Waals surface area contributed by atoms with Crippen LogP contribution in [-0.2, 0) is 11.3 Å². The Bertz CT molecular complexity index is 1310. The highest BCUT2D eigenvalue weighted by Gasteiger charge is 2.20. The van der Waals surface area contributed by atoms with E-state index < -0.39 is 11.5 Å². The van der Waals surface area contributed by atoms with Crippen molar-refractivity contribution in [2.24, 2.45) is 0 Å². The average molecular weight is 438 g/mol. The third kappa shape index (κ3) is 4.16. The van der Waals surface area contributed by atoms with E-state index in [-0.39, 0.29) is 29.8 Å². The molecular weight excluding hydrogens is 415 g/mol. The Kier molecular flexibility index (Phi) is 6.11. The summed E-state index contributed by atoms with van der Waals surface area (Å²) in [6, 6.07) is 9.20.